The molecule has 0 bridgehead atoms. The Morgan fingerprint density at radius 2 is 1.84 bits per heavy atom. The van der Waals surface area contributed by atoms with Gasteiger partial charge in [0.25, 0.3) is 5.91 Å². The quantitative estimate of drug-likeness (QED) is 0.345. The highest BCUT2D eigenvalue weighted by molar-refractivity contribution is 7.98. The molecule has 2 N–H and O–H groups in total. The first-order valence-corrected chi connectivity index (χ1v) is 12.1. The molecule has 170 valence electrons. The van der Waals surface area contributed by atoms with Gasteiger partial charge in [-0.1, -0.05) is 0 Å². The second-order valence-corrected chi connectivity index (χ2v) is 8.48. The summed E-state index contributed by atoms with van der Waals surface area (Å²) in [4.78, 5) is 32.3. The number of hydrogen-bond donors (Lipinski definition) is 2. The van der Waals surface area contributed by atoms with E-state index in [1.54, 1.807) is 36.3 Å². The van der Waals surface area contributed by atoms with Gasteiger partial charge in [0.1, 0.15) is 10.7 Å². The number of anilines is 1. The fourth-order valence-electron chi connectivity index (χ4n) is 2.69. The molecule has 1 aromatic heterocycles. The number of amides is 3. The number of thiazole rings is 1. The maximum absolute atomic E-state index is 12.9. The predicted molar refractivity (Wildman–Crippen MR) is 125 cm³/mol. The smallest absolute Gasteiger partial charge is 0.322 e. The zero-order valence-corrected chi connectivity index (χ0v) is 19.8. The van der Waals surface area contributed by atoms with Crippen LogP contribution in [0.1, 0.15) is 28.3 Å². The molecule has 2 aromatic rings. The van der Waals surface area contributed by atoms with Crippen molar-refractivity contribution in [3.8, 4) is 0 Å². The van der Waals surface area contributed by atoms with Crippen LogP contribution >= 0.6 is 23.1 Å². The van der Waals surface area contributed by atoms with Crippen LogP contribution in [0.2, 0.25) is 0 Å². The van der Waals surface area contributed by atoms with Crippen LogP contribution in [0, 0.1) is 0 Å². The molecular formula is C21H30N4O4S2. The van der Waals surface area contributed by atoms with E-state index >= 15 is 0 Å². The summed E-state index contributed by atoms with van der Waals surface area (Å²) in [7, 11) is 3.26. The van der Waals surface area contributed by atoms with E-state index in [9.17, 15) is 9.59 Å². The number of nitrogens with zero attached hydrogens (tertiary/aromatic N) is 2. The van der Waals surface area contributed by atoms with Crippen LogP contribution in [-0.2, 0) is 16.0 Å². The molecule has 1 heterocycles. The first-order chi connectivity index (χ1) is 15.1. The third kappa shape index (κ3) is 8.86. The molecule has 8 nitrogen and oxygen atoms in total. The molecule has 0 aliphatic heterocycles. The second kappa shape index (κ2) is 14.0. The summed E-state index contributed by atoms with van der Waals surface area (Å²) >= 11 is 3.01. The summed E-state index contributed by atoms with van der Waals surface area (Å²) in [6.45, 7) is 2.51. The molecule has 0 saturated heterocycles. The van der Waals surface area contributed by atoms with Crippen molar-refractivity contribution < 1.29 is 19.1 Å². The van der Waals surface area contributed by atoms with Gasteiger partial charge in [0.2, 0.25) is 0 Å². The van der Waals surface area contributed by atoms with Gasteiger partial charge >= 0.3 is 6.03 Å². The summed E-state index contributed by atoms with van der Waals surface area (Å²) in [6, 6.07) is 7.48. The number of rotatable bonds is 13. The van der Waals surface area contributed by atoms with E-state index in [0.29, 0.717) is 50.0 Å². The molecule has 0 saturated carbocycles. The zero-order chi connectivity index (χ0) is 22.5. The van der Waals surface area contributed by atoms with Gasteiger partial charge in [0, 0.05) is 56.5 Å². The number of carbonyl (C=O) groups excluding carboxylic acids is 2. The molecule has 10 heteroatoms. The van der Waals surface area contributed by atoms with Gasteiger partial charge in [-0.15, -0.1) is 23.1 Å². The van der Waals surface area contributed by atoms with Crippen LogP contribution in [0.15, 0.2) is 34.5 Å². The molecule has 0 aliphatic rings. The highest BCUT2D eigenvalue weighted by Gasteiger charge is 2.17. The summed E-state index contributed by atoms with van der Waals surface area (Å²) in [6.07, 6.45) is 3.45. The zero-order valence-electron chi connectivity index (χ0n) is 18.2. The molecule has 2 rings (SSSR count). The lowest BCUT2D eigenvalue weighted by atomic mass is 10.3. The number of carbonyl (C=O) groups is 2. The Labute approximate surface area is 191 Å². The molecule has 1 aromatic carbocycles. The second-order valence-electron chi connectivity index (χ2n) is 6.66. The van der Waals surface area contributed by atoms with Crippen molar-refractivity contribution in [2.24, 2.45) is 0 Å². The van der Waals surface area contributed by atoms with E-state index in [1.807, 2.05) is 30.5 Å². The first-order valence-electron chi connectivity index (χ1n) is 9.97. The number of aromatic nitrogens is 1. The highest BCUT2D eigenvalue weighted by atomic mass is 32.2. The SMILES string of the molecule is COCCCNC(=O)c1csc(CN(CCCOC)C(=O)Nc2ccc(SC)cc2)n1. The van der Waals surface area contributed by atoms with Crippen molar-refractivity contribution in [1.29, 1.82) is 0 Å². The number of thioether (sulfide) groups is 1. The normalized spacial score (nSPS) is 10.7. The Hall–Kier alpha value is -2.14. The van der Waals surface area contributed by atoms with Gasteiger partial charge in [-0.25, -0.2) is 9.78 Å². The Bertz CT molecular complexity index is 814. The van der Waals surface area contributed by atoms with Gasteiger partial charge in [0.05, 0.1) is 6.54 Å². The molecule has 3 amide bonds. The summed E-state index contributed by atoms with van der Waals surface area (Å²) in [5.41, 5.74) is 1.09. The minimum absolute atomic E-state index is 0.214. The molecule has 0 spiro atoms. The van der Waals surface area contributed by atoms with Crippen LogP contribution in [0.25, 0.3) is 0 Å². The molecule has 0 aliphatic carbocycles. The molecule has 0 unspecified atom stereocenters. The Morgan fingerprint density at radius 1 is 1.13 bits per heavy atom. The van der Waals surface area contributed by atoms with Gasteiger partial charge in [-0.3, -0.25) is 4.79 Å². The number of methoxy groups -OCH3 is 2. The maximum Gasteiger partial charge on any atom is 0.322 e. The fraction of sp³-hybridized carbons (Fsp3) is 0.476. The van der Waals surface area contributed by atoms with Crippen LogP contribution in [0.4, 0.5) is 10.5 Å². The van der Waals surface area contributed by atoms with Crippen molar-refractivity contribution in [3.05, 3.63) is 40.3 Å². The van der Waals surface area contributed by atoms with Gasteiger partial charge in [0.15, 0.2) is 0 Å². The van der Waals surface area contributed by atoms with E-state index in [1.165, 1.54) is 11.3 Å². The fourth-order valence-corrected chi connectivity index (χ4v) is 3.89. The van der Waals surface area contributed by atoms with Gasteiger partial charge in [-0.2, -0.15) is 0 Å². The molecule has 0 atom stereocenters. The van der Waals surface area contributed by atoms with E-state index < -0.39 is 0 Å². The topological polar surface area (TPSA) is 92.8 Å². The molecule has 31 heavy (non-hydrogen) atoms. The number of hydrogen-bond acceptors (Lipinski definition) is 7. The molecule has 0 radical (unpaired) electrons. The number of ether oxygens (including phenoxy) is 2. The number of urea groups is 1. The number of nitrogens with one attached hydrogen (secondary N) is 2. The lowest BCUT2D eigenvalue weighted by Crippen LogP contribution is -2.35. The summed E-state index contributed by atoms with van der Waals surface area (Å²) in [5.74, 6) is -0.220. The van der Waals surface area contributed by atoms with Crippen molar-refractivity contribution in [1.82, 2.24) is 15.2 Å². The average molecular weight is 467 g/mol. The monoisotopic (exact) mass is 466 g/mol. The standard InChI is InChI=1S/C21H30N4O4S2/c1-28-12-4-10-22-20(26)18-15-31-19(24-18)14-25(11-5-13-29-2)21(27)23-16-6-8-17(30-3)9-7-16/h6-9,15H,4-5,10-14H2,1-3H3,(H,22,26)(H,23,27). The van der Waals surface area contributed by atoms with E-state index in [4.69, 9.17) is 9.47 Å². The van der Waals surface area contributed by atoms with Crippen LogP contribution in [0.3, 0.4) is 0 Å². The first kappa shape index (κ1) is 25.1. The van der Waals surface area contributed by atoms with Gasteiger partial charge < -0.3 is 25.0 Å². The third-order valence-electron chi connectivity index (χ3n) is 4.33. The Balaban J connectivity index is 1.98. The Morgan fingerprint density at radius 3 is 2.52 bits per heavy atom. The summed E-state index contributed by atoms with van der Waals surface area (Å²) in [5, 5.41) is 8.17. The Kier molecular flexibility index (Phi) is 11.4. The lowest BCUT2D eigenvalue weighted by Gasteiger charge is -2.22. The minimum Gasteiger partial charge on any atom is -0.385 e. The highest BCUT2D eigenvalue weighted by Crippen LogP contribution is 2.19. The largest absolute Gasteiger partial charge is 0.385 e. The summed E-state index contributed by atoms with van der Waals surface area (Å²) < 4.78 is 10.1. The molecule has 0 fully saturated rings. The average Bonchev–Trinajstić information content (AvgIpc) is 3.25. The predicted octanol–water partition coefficient (Wildman–Crippen LogP) is 3.70. The van der Waals surface area contributed by atoms with Crippen molar-refractivity contribution >= 4 is 40.7 Å². The van der Waals surface area contributed by atoms with Crippen LogP contribution in [0.5, 0.6) is 0 Å². The van der Waals surface area contributed by atoms with Crippen molar-refractivity contribution in [3.63, 3.8) is 0 Å². The molecular weight excluding hydrogens is 436 g/mol. The lowest BCUT2D eigenvalue weighted by molar-refractivity contribution is 0.0944. The van der Waals surface area contributed by atoms with Gasteiger partial charge in [-0.05, 0) is 43.4 Å². The minimum atomic E-state index is -0.220. The van der Waals surface area contributed by atoms with E-state index in [-0.39, 0.29) is 11.9 Å². The van der Waals surface area contributed by atoms with Crippen LogP contribution in [-0.4, -0.2) is 68.6 Å². The van der Waals surface area contributed by atoms with Crippen molar-refractivity contribution in [2.45, 2.75) is 24.3 Å². The van der Waals surface area contributed by atoms with Crippen molar-refractivity contribution in [2.75, 3.05) is 52.1 Å². The van der Waals surface area contributed by atoms with Crippen LogP contribution < -0.4 is 10.6 Å². The van der Waals surface area contributed by atoms with E-state index in [2.05, 4.69) is 15.6 Å². The number of benzene rings is 1. The third-order valence-corrected chi connectivity index (χ3v) is 5.90. The maximum atomic E-state index is 12.9. The van der Waals surface area contributed by atoms with E-state index in [0.717, 1.165) is 17.0 Å².